The summed E-state index contributed by atoms with van der Waals surface area (Å²) in [6, 6.07) is 8.42. The molecule has 3 nitrogen and oxygen atoms in total. The number of anilines is 1. The Bertz CT molecular complexity index is 834. The normalized spacial score (nSPS) is 22.4. The molecule has 1 N–H and O–H groups in total. The van der Waals surface area contributed by atoms with Crippen LogP contribution in [0.4, 0.5) is 18.9 Å². The lowest BCUT2D eigenvalue weighted by Gasteiger charge is -2.37. The number of nitrogens with zero attached hydrogens (tertiary/aromatic N) is 1. The van der Waals surface area contributed by atoms with Gasteiger partial charge in [0.25, 0.3) is 0 Å². The Morgan fingerprint density at radius 1 is 1.08 bits per heavy atom. The van der Waals surface area contributed by atoms with Gasteiger partial charge in [-0.3, -0.25) is 0 Å². The molecule has 1 fully saturated rings. The standard InChI is InChI=1S/C18H15ClF3NO2/c19-14-5-3-4-13-16(14)25-15-10-11(23-8-1-2-9-23)6-7-12(15)17(13,24)18(20,21)22/h3-7,10,24H,1-2,8-9H2. The van der Waals surface area contributed by atoms with Gasteiger partial charge in [0.1, 0.15) is 5.75 Å². The third-order valence-corrected chi connectivity index (χ3v) is 5.10. The molecule has 0 aromatic heterocycles. The van der Waals surface area contributed by atoms with Crippen molar-refractivity contribution in [3.63, 3.8) is 0 Å². The first-order chi connectivity index (χ1) is 11.8. The van der Waals surface area contributed by atoms with Crippen LogP contribution >= 0.6 is 11.6 Å². The molecule has 1 saturated heterocycles. The quantitative estimate of drug-likeness (QED) is 0.780. The van der Waals surface area contributed by atoms with Gasteiger partial charge in [0.15, 0.2) is 5.75 Å². The second-order valence-electron chi connectivity index (χ2n) is 6.30. The number of fused-ring (bicyclic) bond motifs is 2. The fourth-order valence-corrected chi connectivity index (χ4v) is 3.74. The summed E-state index contributed by atoms with van der Waals surface area (Å²) in [6.07, 6.45) is -2.84. The van der Waals surface area contributed by atoms with E-state index in [1.165, 1.54) is 24.3 Å². The fraction of sp³-hybridized carbons (Fsp3) is 0.333. The molecule has 4 rings (SSSR count). The smallest absolute Gasteiger partial charge is 0.426 e. The average molecular weight is 370 g/mol. The molecule has 25 heavy (non-hydrogen) atoms. The largest absolute Gasteiger partial charge is 0.455 e. The summed E-state index contributed by atoms with van der Waals surface area (Å²) in [5.74, 6) is -0.181. The summed E-state index contributed by atoms with van der Waals surface area (Å²) in [5.41, 5.74) is -3.10. The Kier molecular flexibility index (Phi) is 3.67. The van der Waals surface area contributed by atoms with E-state index in [0.717, 1.165) is 31.6 Å². The highest BCUT2D eigenvalue weighted by molar-refractivity contribution is 6.32. The van der Waals surface area contributed by atoms with Crippen LogP contribution in [0.3, 0.4) is 0 Å². The van der Waals surface area contributed by atoms with E-state index in [1.54, 1.807) is 12.1 Å². The molecule has 2 aliphatic rings. The van der Waals surface area contributed by atoms with Crippen LogP contribution < -0.4 is 9.64 Å². The van der Waals surface area contributed by atoms with Crippen LogP contribution in [0.25, 0.3) is 0 Å². The highest BCUT2D eigenvalue weighted by Gasteiger charge is 2.60. The lowest BCUT2D eigenvalue weighted by Crippen LogP contribution is -2.45. The predicted molar refractivity (Wildman–Crippen MR) is 88.5 cm³/mol. The molecule has 7 heteroatoms. The average Bonchev–Trinajstić information content (AvgIpc) is 3.09. The number of para-hydroxylation sites is 1. The summed E-state index contributed by atoms with van der Waals surface area (Å²) in [6.45, 7) is 1.69. The van der Waals surface area contributed by atoms with Crippen molar-refractivity contribution >= 4 is 17.3 Å². The van der Waals surface area contributed by atoms with Crippen molar-refractivity contribution < 1.29 is 23.0 Å². The van der Waals surface area contributed by atoms with Gasteiger partial charge >= 0.3 is 6.18 Å². The van der Waals surface area contributed by atoms with Gasteiger partial charge in [-0.25, -0.2) is 0 Å². The van der Waals surface area contributed by atoms with E-state index in [1.807, 2.05) is 0 Å². The van der Waals surface area contributed by atoms with E-state index < -0.39 is 17.3 Å². The maximum absolute atomic E-state index is 13.9. The maximum Gasteiger partial charge on any atom is 0.426 e. The van der Waals surface area contributed by atoms with Crippen LogP contribution in [0.15, 0.2) is 36.4 Å². The molecule has 0 spiro atoms. The Labute approximate surface area is 147 Å². The van der Waals surface area contributed by atoms with Crippen LogP contribution in [-0.2, 0) is 5.60 Å². The number of ether oxygens (including phenoxy) is 1. The van der Waals surface area contributed by atoms with E-state index in [-0.39, 0.29) is 22.1 Å². The molecular formula is C18H15ClF3NO2. The van der Waals surface area contributed by atoms with Gasteiger partial charge in [0.05, 0.1) is 5.02 Å². The van der Waals surface area contributed by atoms with Gasteiger partial charge in [0, 0.05) is 36.0 Å². The molecule has 1 atom stereocenters. The Morgan fingerprint density at radius 2 is 1.80 bits per heavy atom. The van der Waals surface area contributed by atoms with Crippen molar-refractivity contribution in [2.45, 2.75) is 24.6 Å². The van der Waals surface area contributed by atoms with Gasteiger partial charge in [-0.2, -0.15) is 13.2 Å². The van der Waals surface area contributed by atoms with Gasteiger partial charge in [0.2, 0.25) is 5.60 Å². The molecular weight excluding hydrogens is 355 g/mol. The number of halogens is 4. The highest BCUT2D eigenvalue weighted by atomic mass is 35.5. The molecule has 1 unspecified atom stereocenters. The number of alkyl halides is 3. The molecule has 0 bridgehead atoms. The van der Waals surface area contributed by atoms with Crippen LogP contribution in [0.1, 0.15) is 24.0 Å². The van der Waals surface area contributed by atoms with Gasteiger partial charge in [-0.1, -0.05) is 23.7 Å². The minimum Gasteiger partial charge on any atom is -0.455 e. The molecule has 2 aliphatic heterocycles. The van der Waals surface area contributed by atoms with Crippen LogP contribution in [0.5, 0.6) is 11.5 Å². The lowest BCUT2D eigenvalue weighted by molar-refractivity contribution is -0.250. The molecule has 0 aliphatic carbocycles. The second kappa shape index (κ2) is 5.54. The van der Waals surface area contributed by atoms with Crippen molar-refractivity contribution in [2.75, 3.05) is 18.0 Å². The van der Waals surface area contributed by atoms with Crippen molar-refractivity contribution in [1.82, 2.24) is 0 Å². The van der Waals surface area contributed by atoms with Crippen molar-refractivity contribution in [2.24, 2.45) is 0 Å². The zero-order valence-electron chi connectivity index (χ0n) is 13.1. The predicted octanol–water partition coefficient (Wildman–Crippen LogP) is 4.84. The van der Waals surface area contributed by atoms with E-state index in [0.29, 0.717) is 0 Å². The molecule has 0 radical (unpaired) electrons. The molecule has 0 saturated carbocycles. The molecule has 132 valence electrons. The third-order valence-electron chi connectivity index (χ3n) is 4.81. The Morgan fingerprint density at radius 3 is 2.48 bits per heavy atom. The number of aliphatic hydroxyl groups is 1. The Balaban J connectivity index is 1.91. The van der Waals surface area contributed by atoms with Crippen LogP contribution in [0, 0.1) is 0 Å². The Hall–Kier alpha value is -1.92. The summed E-state index contributed by atoms with van der Waals surface area (Å²) in [4.78, 5) is 2.08. The van der Waals surface area contributed by atoms with Crippen LogP contribution in [0.2, 0.25) is 5.02 Å². The van der Waals surface area contributed by atoms with Gasteiger partial charge in [-0.15, -0.1) is 0 Å². The van der Waals surface area contributed by atoms with Crippen LogP contribution in [-0.4, -0.2) is 24.4 Å². The zero-order chi connectivity index (χ0) is 17.8. The first kappa shape index (κ1) is 16.5. The number of hydrogen-bond donors (Lipinski definition) is 1. The van der Waals surface area contributed by atoms with E-state index in [2.05, 4.69) is 4.90 Å². The SMILES string of the molecule is OC1(C(F)(F)F)c2ccc(N3CCCC3)cc2Oc2c(Cl)cccc21. The molecule has 0 amide bonds. The van der Waals surface area contributed by atoms with Gasteiger partial charge in [-0.05, 0) is 31.0 Å². The van der Waals surface area contributed by atoms with Crippen molar-refractivity contribution in [3.05, 3.63) is 52.5 Å². The maximum atomic E-state index is 13.9. The van der Waals surface area contributed by atoms with Gasteiger partial charge < -0.3 is 14.7 Å². The molecule has 2 aromatic rings. The highest BCUT2D eigenvalue weighted by Crippen LogP contribution is 2.56. The minimum atomic E-state index is -4.92. The second-order valence-corrected chi connectivity index (χ2v) is 6.71. The molecule has 2 heterocycles. The number of benzene rings is 2. The topological polar surface area (TPSA) is 32.7 Å². The number of rotatable bonds is 1. The van der Waals surface area contributed by atoms with Crippen molar-refractivity contribution in [1.29, 1.82) is 0 Å². The lowest BCUT2D eigenvalue weighted by atomic mass is 9.82. The summed E-state index contributed by atoms with van der Waals surface area (Å²) in [5, 5.41) is 10.7. The summed E-state index contributed by atoms with van der Waals surface area (Å²) in [7, 11) is 0. The first-order valence-corrected chi connectivity index (χ1v) is 8.35. The fourth-order valence-electron chi connectivity index (χ4n) is 3.52. The van der Waals surface area contributed by atoms with E-state index in [9.17, 15) is 18.3 Å². The zero-order valence-corrected chi connectivity index (χ0v) is 13.9. The summed E-state index contributed by atoms with van der Waals surface area (Å²) >= 11 is 6.04. The number of hydrogen-bond acceptors (Lipinski definition) is 3. The molecule has 2 aromatic carbocycles. The monoisotopic (exact) mass is 369 g/mol. The first-order valence-electron chi connectivity index (χ1n) is 7.98. The summed E-state index contributed by atoms with van der Waals surface area (Å²) < 4.78 is 47.3. The third kappa shape index (κ3) is 2.39. The minimum absolute atomic E-state index is 0.0233. The van der Waals surface area contributed by atoms with E-state index >= 15 is 0 Å². The van der Waals surface area contributed by atoms with Crippen molar-refractivity contribution in [3.8, 4) is 11.5 Å². The van der Waals surface area contributed by atoms with E-state index in [4.69, 9.17) is 16.3 Å².